The van der Waals surface area contributed by atoms with Gasteiger partial charge in [-0.3, -0.25) is 9.80 Å². The Morgan fingerprint density at radius 2 is 1.53 bits per heavy atom. The van der Waals surface area contributed by atoms with Gasteiger partial charge in [0.05, 0.1) is 0 Å². The second-order valence-electron chi connectivity index (χ2n) is 7.18. The van der Waals surface area contributed by atoms with Crippen LogP contribution < -0.4 is 0 Å². The lowest BCUT2D eigenvalue weighted by Gasteiger charge is -2.42. The minimum atomic E-state index is 0.701. The molecular weight excluding hydrogens is 234 g/mol. The van der Waals surface area contributed by atoms with Gasteiger partial charge in [0.25, 0.3) is 0 Å². The van der Waals surface area contributed by atoms with Crippen molar-refractivity contribution >= 4 is 0 Å². The first-order valence-electron chi connectivity index (χ1n) is 8.19. The van der Waals surface area contributed by atoms with Crippen molar-refractivity contribution in [3.05, 3.63) is 0 Å². The topological polar surface area (TPSA) is 9.72 Å². The summed E-state index contributed by atoms with van der Waals surface area (Å²) in [6.07, 6.45) is 1.40. The van der Waals surface area contributed by atoms with Crippen LogP contribution in [0.15, 0.2) is 0 Å². The molecule has 2 aliphatic rings. The lowest BCUT2D eigenvalue weighted by atomic mass is 10.1. The second kappa shape index (κ2) is 6.55. The zero-order chi connectivity index (χ0) is 14.0. The fourth-order valence-corrected chi connectivity index (χ4v) is 3.58. The number of hydrogen-bond acceptors (Lipinski definition) is 3. The Kier molecular flexibility index (Phi) is 5.27. The highest BCUT2D eigenvalue weighted by Crippen LogP contribution is 2.22. The maximum Gasteiger partial charge on any atom is 0.0195 e. The highest BCUT2D eigenvalue weighted by molar-refractivity contribution is 4.85. The highest BCUT2D eigenvalue weighted by atomic mass is 15.3. The van der Waals surface area contributed by atoms with Crippen molar-refractivity contribution in [2.75, 3.05) is 39.3 Å². The van der Waals surface area contributed by atoms with Crippen molar-refractivity contribution in [1.29, 1.82) is 0 Å². The van der Waals surface area contributed by atoms with E-state index in [0.29, 0.717) is 6.04 Å². The quantitative estimate of drug-likeness (QED) is 0.772. The summed E-state index contributed by atoms with van der Waals surface area (Å²) in [4.78, 5) is 7.99. The van der Waals surface area contributed by atoms with Crippen LogP contribution >= 0.6 is 0 Å². The van der Waals surface area contributed by atoms with Gasteiger partial charge in [0.15, 0.2) is 0 Å². The first-order valence-corrected chi connectivity index (χ1v) is 8.19. The van der Waals surface area contributed by atoms with E-state index in [1.807, 2.05) is 0 Å². The smallest absolute Gasteiger partial charge is 0.0195 e. The third-order valence-electron chi connectivity index (χ3n) is 5.07. The molecule has 2 saturated heterocycles. The zero-order valence-electron chi connectivity index (χ0n) is 13.6. The normalized spacial score (nSPS) is 31.7. The van der Waals surface area contributed by atoms with Crippen LogP contribution in [0.5, 0.6) is 0 Å². The standard InChI is InChI=1S/C16H33N3/c1-13(2)17-7-6-16(11-17)12-19-9-8-18(14(3)4)10-15(19)5/h13-16H,6-12H2,1-5H3/t15-,16?/m0/s1. The molecule has 0 N–H and O–H groups in total. The molecule has 0 radical (unpaired) electrons. The molecule has 2 heterocycles. The van der Waals surface area contributed by atoms with Gasteiger partial charge in [-0.25, -0.2) is 0 Å². The van der Waals surface area contributed by atoms with E-state index in [1.54, 1.807) is 0 Å². The maximum atomic E-state index is 2.73. The molecule has 2 rings (SSSR count). The SMILES string of the molecule is CC(C)N1CCC(CN2CCN(C(C)C)C[C@@H]2C)C1. The molecule has 3 nitrogen and oxygen atoms in total. The average Bonchev–Trinajstić information content (AvgIpc) is 2.80. The van der Waals surface area contributed by atoms with E-state index >= 15 is 0 Å². The Labute approximate surface area is 119 Å². The van der Waals surface area contributed by atoms with Gasteiger partial charge < -0.3 is 4.90 Å². The van der Waals surface area contributed by atoms with Crippen molar-refractivity contribution in [1.82, 2.24) is 14.7 Å². The molecule has 0 bridgehead atoms. The lowest BCUT2D eigenvalue weighted by Crippen LogP contribution is -2.54. The number of nitrogens with zero attached hydrogens (tertiary/aromatic N) is 3. The van der Waals surface area contributed by atoms with Crippen molar-refractivity contribution in [2.24, 2.45) is 5.92 Å². The predicted molar refractivity (Wildman–Crippen MR) is 82.6 cm³/mol. The van der Waals surface area contributed by atoms with Crippen LogP contribution in [0.25, 0.3) is 0 Å². The van der Waals surface area contributed by atoms with E-state index in [2.05, 4.69) is 49.3 Å². The van der Waals surface area contributed by atoms with Crippen LogP contribution in [0, 0.1) is 5.92 Å². The van der Waals surface area contributed by atoms with Crippen LogP contribution in [-0.2, 0) is 0 Å². The van der Waals surface area contributed by atoms with E-state index in [-0.39, 0.29) is 0 Å². The first kappa shape index (κ1) is 15.3. The summed E-state index contributed by atoms with van der Waals surface area (Å²) in [6, 6.07) is 2.15. The summed E-state index contributed by atoms with van der Waals surface area (Å²) in [6.45, 7) is 19.4. The Bertz CT molecular complexity index is 277. The molecule has 1 unspecified atom stereocenters. The van der Waals surface area contributed by atoms with E-state index in [9.17, 15) is 0 Å². The molecule has 0 spiro atoms. The molecule has 19 heavy (non-hydrogen) atoms. The van der Waals surface area contributed by atoms with Gasteiger partial charge in [-0.2, -0.15) is 0 Å². The molecule has 0 aliphatic carbocycles. The molecule has 0 aromatic heterocycles. The number of likely N-dealkylation sites (tertiary alicyclic amines) is 1. The Balaban J connectivity index is 1.78. The molecule has 2 fully saturated rings. The van der Waals surface area contributed by atoms with Crippen LogP contribution in [0.4, 0.5) is 0 Å². The molecular formula is C16H33N3. The van der Waals surface area contributed by atoms with Crippen molar-refractivity contribution in [2.45, 2.75) is 59.2 Å². The van der Waals surface area contributed by atoms with Gasteiger partial charge in [-0.05, 0) is 53.5 Å². The summed E-state index contributed by atoms with van der Waals surface area (Å²) in [5, 5.41) is 0. The van der Waals surface area contributed by atoms with E-state index in [0.717, 1.165) is 18.0 Å². The van der Waals surface area contributed by atoms with Crippen LogP contribution in [0.1, 0.15) is 41.0 Å². The fourth-order valence-electron chi connectivity index (χ4n) is 3.58. The first-order chi connectivity index (χ1) is 8.97. The monoisotopic (exact) mass is 267 g/mol. The summed E-state index contributed by atoms with van der Waals surface area (Å²) in [7, 11) is 0. The molecule has 0 aromatic carbocycles. The Morgan fingerprint density at radius 3 is 2.05 bits per heavy atom. The van der Waals surface area contributed by atoms with Crippen LogP contribution in [-0.4, -0.2) is 72.1 Å². The van der Waals surface area contributed by atoms with Gasteiger partial charge >= 0.3 is 0 Å². The Hall–Kier alpha value is -0.120. The Morgan fingerprint density at radius 1 is 0.895 bits per heavy atom. The third kappa shape index (κ3) is 3.93. The van der Waals surface area contributed by atoms with Crippen molar-refractivity contribution in [3.8, 4) is 0 Å². The van der Waals surface area contributed by atoms with Crippen molar-refractivity contribution in [3.63, 3.8) is 0 Å². The van der Waals surface area contributed by atoms with Gasteiger partial charge in [-0.1, -0.05) is 0 Å². The second-order valence-corrected chi connectivity index (χ2v) is 7.18. The summed E-state index contributed by atoms with van der Waals surface area (Å²) in [5.41, 5.74) is 0. The summed E-state index contributed by atoms with van der Waals surface area (Å²) < 4.78 is 0. The highest BCUT2D eigenvalue weighted by Gasteiger charge is 2.30. The zero-order valence-corrected chi connectivity index (χ0v) is 13.6. The average molecular weight is 267 g/mol. The van der Waals surface area contributed by atoms with Gasteiger partial charge in [-0.15, -0.1) is 0 Å². The molecule has 0 saturated carbocycles. The number of rotatable bonds is 4. The van der Waals surface area contributed by atoms with E-state index in [4.69, 9.17) is 0 Å². The maximum absolute atomic E-state index is 2.73. The van der Waals surface area contributed by atoms with E-state index < -0.39 is 0 Å². The number of hydrogen-bond donors (Lipinski definition) is 0. The van der Waals surface area contributed by atoms with Gasteiger partial charge in [0, 0.05) is 50.8 Å². The predicted octanol–water partition coefficient (Wildman–Crippen LogP) is 2.13. The van der Waals surface area contributed by atoms with Crippen LogP contribution in [0.2, 0.25) is 0 Å². The largest absolute Gasteiger partial charge is 0.301 e. The molecule has 2 aliphatic heterocycles. The molecule has 112 valence electrons. The van der Waals surface area contributed by atoms with E-state index in [1.165, 1.54) is 45.7 Å². The molecule has 0 amide bonds. The molecule has 2 atom stereocenters. The van der Waals surface area contributed by atoms with Crippen LogP contribution in [0.3, 0.4) is 0 Å². The van der Waals surface area contributed by atoms with Crippen molar-refractivity contribution < 1.29 is 0 Å². The summed E-state index contributed by atoms with van der Waals surface area (Å²) >= 11 is 0. The fraction of sp³-hybridized carbons (Fsp3) is 1.00. The molecule has 3 heteroatoms. The summed E-state index contributed by atoms with van der Waals surface area (Å²) in [5.74, 6) is 0.899. The minimum Gasteiger partial charge on any atom is -0.301 e. The lowest BCUT2D eigenvalue weighted by molar-refractivity contribution is 0.0543. The third-order valence-corrected chi connectivity index (χ3v) is 5.07. The van der Waals surface area contributed by atoms with Gasteiger partial charge in [0.2, 0.25) is 0 Å². The van der Waals surface area contributed by atoms with Gasteiger partial charge in [0.1, 0.15) is 0 Å². The number of piperazine rings is 1. The minimum absolute atomic E-state index is 0.701. The molecule has 0 aromatic rings.